The fourth-order valence-corrected chi connectivity index (χ4v) is 2.72. The molecule has 0 saturated heterocycles. The molecule has 0 spiro atoms. The zero-order valence-corrected chi connectivity index (χ0v) is 15.8. The standard InChI is InChI=1S/C21H25NO5/c1-4-26-20(23)18(21(24)27-5-2)19(22-16-9-7-6-8-10-16)15-11-13-17(25-3)14-12-15/h6-14,18-19,22H,4-5H2,1-3H3. The third-order valence-corrected chi connectivity index (χ3v) is 3.99. The van der Waals surface area contributed by atoms with Gasteiger partial charge in [-0.3, -0.25) is 9.59 Å². The highest BCUT2D eigenvalue weighted by Gasteiger charge is 2.38. The third-order valence-electron chi connectivity index (χ3n) is 3.99. The molecule has 0 aliphatic carbocycles. The number of para-hydroxylation sites is 1. The van der Waals surface area contributed by atoms with Gasteiger partial charge in [0.1, 0.15) is 5.75 Å². The van der Waals surface area contributed by atoms with Crippen molar-refractivity contribution in [3.63, 3.8) is 0 Å². The second kappa shape index (κ2) is 10.2. The molecule has 0 amide bonds. The van der Waals surface area contributed by atoms with Crippen LogP contribution in [0.15, 0.2) is 54.6 Å². The number of carbonyl (C=O) groups excluding carboxylic acids is 2. The van der Waals surface area contributed by atoms with Crippen LogP contribution in [0.5, 0.6) is 5.75 Å². The molecule has 27 heavy (non-hydrogen) atoms. The number of hydrogen-bond acceptors (Lipinski definition) is 6. The van der Waals surface area contributed by atoms with Crippen LogP contribution in [-0.2, 0) is 19.1 Å². The van der Waals surface area contributed by atoms with Gasteiger partial charge < -0.3 is 19.5 Å². The number of nitrogens with one attached hydrogen (secondary N) is 1. The summed E-state index contributed by atoms with van der Waals surface area (Å²) in [6.45, 7) is 3.76. The first-order valence-electron chi connectivity index (χ1n) is 8.89. The largest absolute Gasteiger partial charge is 0.497 e. The molecule has 1 unspecified atom stereocenters. The summed E-state index contributed by atoms with van der Waals surface area (Å²) in [4.78, 5) is 25.2. The minimum Gasteiger partial charge on any atom is -0.497 e. The monoisotopic (exact) mass is 371 g/mol. The fourth-order valence-electron chi connectivity index (χ4n) is 2.72. The molecular formula is C21H25NO5. The van der Waals surface area contributed by atoms with Gasteiger partial charge in [0.25, 0.3) is 0 Å². The van der Waals surface area contributed by atoms with Crippen LogP contribution in [0.4, 0.5) is 5.69 Å². The van der Waals surface area contributed by atoms with Crippen LogP contribution >= 0.6 is 0 Å². The lowest BCUT2D eigenvalue weighted by molar-refractivity contribution is -0.162. The first-order valence-corrected chi connectivity index (χ1v) is 8.89. The zero-order valence-electron chi connectivity index (χ0n) is 15.8. The van der Waals surface area contributed by atoms with E-state index in [2.05, 4.69) is 5.32 Å². The van der Waals surface area contributed by atoms with Crippen LogP contribution in [0.25, 0.3) is 0 Å². The molecule has 6 heteroatoms. The van der Waals surface area contributed by atoms with E-state index in [0.29, 0.717) is 5.75 Å². The minimum absolute atomic E-state index is 0.176. The van der Waals surface area contributed by atoms with Gasteiger partial charge in [-0.25, -0.2) is 0 Å². The lowest BCUT2D eigenvalue weighted by Gasteiger charge is -2.26. The van der Waals surface area contributed by atoms with E-state index in [9.17, 15) is 9.59 Å². The number of ether oxygens (including phenoxy) is 3. The highest BCUT2D eigenvalue weighted by Crippen LogP contribution is 2.30. The van der Waals surface area contributed by atoms with Gasteiger partial charge in [0.2, 0.25) is 0 Å². The summed E-state index contributed by atoms with van der Waals surface area (Å²) in [6, 6.07) is 15.9. The number of benzene rings is 2. The lowest BCUT2D eigenvalue weighted by Crippen LogP contribution is -2.36. The van der Waals surface area contributed by atoms with E-state index in [4.69, 9.17) is 14.2 Å². The summed E-state index contributed by atoms with van der Waals surface area (Å²) in [5, 5.41) is 3.27. The van der Waals surface area contributed by atoms with Crippen molar-refractivity contribution in [3.8, 4) is 5.75 Å². The van der Waals surface area contributed by atoms with Crippen LogP contribution in [0.3, 0.4) is 0 Å². The van der Waals surface area contributed by atoms with Gasteiger partial charge in [-0.1, -0.05) is 30.3 Å². The lowest BCUT2D eigenvalue weighted by atomic mass is 9.92. The summed E-state index contributed by atoms with van der Waals surface area (Å²) < 4.78 is 15.5. The Bertz CT molecular complexity index is 712. The van der Waals surface area contributed by atoms with E-state index in [0.717, 1.165) is 11.3 Å². The molecule has 0 heterocycles. The highest BCUT2D eigenvalue weighted by molar-refractivity contribution is 5.96. The smallest absolute Gasteiger partial charge is 0.322 e. The molecule has 0 fully saturated rings. The molecule has 0 saturated carbocycles. The van der Waals surface area contributed by atoms with Gasteiger partial charge in [-0.15, -0.1) is 0 Å². The van der Waals surface area contributed by atoms with Crippen LogP contribution in [-0.4, -0.2) is 32.3 Å². The third kappa shape index (κ3) is 5.48. The molecular weight excluding hydrogens is 346 g/mol. The number of methoxy groups -OCH3 is 1. The maximum Gasteiger partial charge on any atom is 0.322 e. The highest BCUT2D eigenvalue weighted by atomic mass is 16.6. The van der Waals surface area contributed by atoms with Crippen molar-refractivity contribution in [2.24, 2.45) is 5.92 Å². The van der Waals surface area contributed by atoms with Crippen LogP contribution < -0.4 is 10.1 Å². The second-order valence-corrected chi connectivity index (χ2v) is 5.74. The Hall–Kier alpha value is -3.02. The van der Waals surface area contributed by atoms with E-state index in [-0.39, 0.29) is 13.2 Å². The van der Waals surface area contributed by atoms with E-state index >= 15 is 0 Å². The van der Waals surface area contributed by atoms with Gasteiger partial charge in [0.15, 0.2) is 5.92 Å². The molecule has 144 valence electrons. The Kier molecular flexibility index (Phi) is 7.67. The van der Waals surface area contributed by atoms with Crippen molar-refractivity contribution >= 4 is 17.6 Å². The van der Waals surface area contributed by atoms with E-state index < -0.39 is 23.9 Å². The predicted molar refractivity (Wildman–Crippen MR) is 103 cm³/mol. The summed E-state index contributed by atoms with van der Waals surface area (Å²) in [5.74, 6) is -1.71. The maximum atomic E-state index is 12.6. The topological polar surface area (TPSA) is 73.9 Å². The van der Waals surface area contributed by atoms with E-state index in [1.807, 2.05) is 42.5 Å². The molecule has 2 aromatic rings. The number of carbonyl (C=O) groups is 2. The van der Waals surface area contributed by atoms with Crippen LogP contribution in [0.1, 0.15) is 25.5 Å². The average molecular weight is 371 g/mol. The number of rotatable bonds is 9. The molecule has 0 radical (unpaired) electrons. The maximum absolute atomic E-state index is 12.6. The Balaban J connectivity index is 2.44. The van der Waals surface area contributed by atoms with Crippen molar-refractivity contribution in [2.45, 2.75) is 19.9 Å². The van der Waals surface area contributed by atoms with E-state index in [1.165, 1.54) is 0 Å². The fraction of sp³-hybridized carbons (Fsp3) is 0.333. The van der Waals surface area contributed by atoms with Crippen molar-refractivity contribution < 1.29 is 23.8 Å². The first kappa shape index (κ1) is 20.3. The van der Waals surface area contributed by atoms with Crippen molar-refractivity contribution in [3.05, 3.63) is 60.2 Å². The summed E-state index contributed by atoms with van der Waals surface area (Å²) in [5.41, 5.74) is 1.52. The van der Waals surface area contributed by atoms with E-state index in [1.54, 1.807) is 33.1 Å². The van der Waals surface area contributed by atoms with Crippen molar-refractivity contribution in [1.82, 2.24) is 0 Å². The molecule has 2 aromatic carbocycles. The number of hydrogen-bond donors (Lipinski definition) is 1. The summed E-state index contributed by atoms with van der Waals surface area (Å²) in [7, 11) is 1.58. The normalized spacial score (nSPS) is 11.6. The molecule has 0 aliphatic heterocycles. The van der Waals surface area contributed by atoms with Crippen molar-refractivity contribution in [1.29, 1.82) is 0 Å². The van der Waals surface area contributed by atoms with Crippen molar-refractivity contribution in [2.75, 3.05) is 25.6 Å². The second-order valence-electron chi connectivity index (χ2n) is 5.74. The minimum atomic E-state index is -1.14. The summed E-state index contributed by atoms with van der Waals surface area (Å²) >= 11 is 0. The average Bonchev–Trinajstić information content (AvgIpc) is 2.69. The number of esters is 2. The molecule has 0 aliphatic rings. The zero-order chi connectivity index (χ0) is 19.6. The molecule has 2 rings (SSSR count). The Morgan fingerprint density at radius 2 is 1.44 bits per heavy atom. The molecule has 0 bridgehead atoms. The molecule has 6 nitrogen and oxygen atoms in total. The summed E-state index contributed by atoms with van der Waals surface area (Å²) in [6.07, 6.45) is 0. The Morgan fingerprint density at radius 1 is 0.889 bits per heavy atom. The van der Waals surface area contributed by atoms with Gasteiger partial charge in [-0.2, -0.15) is 0 Å². The SMILES string of the molecule is CCOC(=O)C(C(=O)OCC)C(Nc1ccccc1)c1ccc(OC)cc1. The molecule has 1 N–H and O–H groups in total. The van der Waals surface area contributed by atoms with Gasteiger partial charge >= 0.3 is 11.9 Å². The molecule has 0 aromatic heterocycles. The van der Waals surface area contributed by atoms with Gasteiger partial charge in [-0.05, 0) is 43.7 Å². The molecule has 1 atom stereocenters. The van der Waals surface area contributed by atoms with Crippen LogP contribution in [0.2, 0.25) is 0 Å². The first-order chi connectivity index (χ1) is 13.1. The quantitative estimate of drug-likeness (QED) is 0.536. The predicted octanol–water partition coefficient (Wildman–Crippen LogP) is 3.59. The van der Waals surface area contributed by atoms with Gasteiger partial charge in [0, 0.05) is 5.69 Å². The van der Waals surface area contributed by atoms with Gasteiger partial charge in [0.05, 0.1) is 26.4 Å². The Morgan fingerprint density at radius 3 is 1.93 bits per heavy atom. The Labute approximate surface area is 159 Å². The number of anilines is 1. The van der Waals surface area contributed by atoms with Crippen LogP contribution in [0, 0.1) is 5.92 Å².